The Balaban J connectivity index is 3.16. The summed E-state index contributed by atoms with van der Waals surface area (Å²) in [6, 6.07) is 0. The smallest absolute Gasteiger partial charge is 0.227 e. The summed E-state index contributed by atoms with van der Waals surface area (Å²) in [6.07, 6.45) is 2.27. The maximum absolute atomic E-state index is 10.4. The predicted molar refractivity (Wildman–Crippen MR) is 33.6 cm³/mol. The number of rotatable bonds is 4. The van der Waals surface area contributed by atoms with Crippen LogP contribution >= 0.6 is 0 Å². The van der Waals surface area contributed by atoms with Crippen LogP contribution in [0.3, 0.4) is 0 Å². The lowest BCUT2D eigenvalue weighted by Crippen LogP contribution is -2.23. The van der Waals surface area contributed by atoms with Crippen molar-refractivity contribution in [3.8, 4) is 0 Å². The SMILES string of the molecule is CCCNC(=O)C[C]=O. The first-order valence-corrected chi connectivity index (χ1v) is 2.93. The number of amides is 1. The average molecular weight is 128 g/mol. The van der Waals surface area contributed by atoms with Gasteiger partial charge in [0, 0.05) is 6.54 Å². The summed E-state index contributed by atoms with van der Waals surface area (Å²) in [5, 5.41) is 2.53. The van der Waals surface area contributed by atoms with Crippen LogP contribution in [0.1, 0.15) is 19.8 Å². The van der Waals surface area contributed by atoms with Crippen LogP contribution in [-0.2, 0) is 9.59 Å². The van der Waals surface area contributed by atoms with Gasteiger partial charge in [-0.3, -0.25) is 9.59 Å². The highest BCUT2D eigenvalue weighted by Gasteiger charge is 1.95. The number of nitrogens with one attached hydrogen (secondary N) is 1. The second kappa shape index (κ2) is 5.28. The van der Waals surface area contributed by atoms with Crippen LogP contribution in [-0.4, -0.2) is 18.7 Å². The molecule has 51 valence electrons. The molecule has 0 saturated heterocycles. The largest absolute Gasteiger partial charge is 0.356 e. The van der Waals surface area contributed by atoms with Crippen molar-refractivity contribution in [1.29, 1.82) is 0 Å². The molecule has 0 unspecified atom stereocenters. The molecule has 3 heteroatoms. The van der Waals surface area contributed by atoms with Gasteiger partial charge in [0.25, 0.3) is 0 Å². The second-order valence-corrected chi connectivity index (χ2v) is 1.67. The van der Waals surface area contributed by atoms with Gasteiger partial charge in [0.15, 0.2) is 0 Å². The second-order valence-electron chi connectivity index (χ2n) is 1.67. The minimum Gasteiger partial charge on any atom is -0.356 e. The molecule has 0 aliphatic carbocycles. The molecular formula is C6H10NO2. The quantitative estimate of drug-likeness (QED) is 0.542. The van der Waals surface area contributed by atoms with E-state index in [1.54, 1.807) is 0 Å². The summed E-state index contributed by atoms with van der Waals surface area (Å²) >= 11 is 0. The fourth-order valence-electron chi connectivity index (χ4n) is 0.392. The molecular weight excluding hydrogens is 118 g/mol. The van der Waals surface area contributed by atoms with Gasteiger partial charge in [-0.05, 0) is 6.42 Å². The summed E-state index contributed by atoms with van der Waals surface area (Å²) in [6.45, 7) is 2.59. The molecule has 0 spiro atoms. The molecule has 0 fully saturated rings. The van der Waals surface area contributed by atoms with Crippen LogP contribution in [0.4, 0.5) is 0 Å². The molecule has 1 N–H and O–H groups in total. The van der Waals surface area contributed by atoms with E-state index in [0.29, 0.717) is 6.54 Å². The van der Waals surface area contributed by atoms with E-state index in [0.717, 1.165) is 6.42 Å². The predicted octanol–water partition coefficient (Wildman–Crippen LogP) is 0.0124. The zero-order valence-electron chi connectivity index (χ0n) is 5.44. The fraction of sp³-hybridized carbons (Fsp3) is 0.667. The molecule has 1 amide bonds. The molecule has 9 heavy (non-hydrogen) atoms. The minimum absolute atomic E-state index is 0.139. The average Bonchev–Trinajstić information content (AvgIpc) is 1.85. The van der Waals surface area contributed by atoms with Crippen molar-refractivity contribution in [2.24, 2.45) is 0 Å². The molecule has 0 aromatic heterocycles. The highest BCUT2D eigenvalue weighted by molar-refractivity contribution is 5.88. The lowest BCUT2D eigenvalue weighted by Gasteiger charge is -1.96. The number of carbonyl (C=O) groups excluding carboxylic acids is 2. The molecule has 0 heterocycles. The van der Waals surface area contributed by atoms with E-state index in [2.05, 4.69) is 5.32 Å². The van der Waals surface area contributed by atoms with Crippen molar-refractivity contribution in [3.05, 3.63) is 0 Å². The van der Waals surface area contributed by atoms with E-state index >= 15 is 0 Å². The number of hydrogen-bond donors (Lipinski definition) is 1. The Bertz CT molecular complexity index is 101. The maximum atomic E-state index is 10.4. The topological polar surface area (TPSA) is 46.2 Å². The van der Waals surface area contributed by atoms with Crippen molar-refractivity contribution >= 4 is 12.2 Å². The van der Waals surface area contributed by atoms with Gasteiger partial charge in [0.2, 0.25) is 12.2 Å². The molecule has 0 bridgehead atoms. The molecule has 0 aliphatic heterocycles. The Hall–Kier alpha value is -0.860. The molecule has 0 aromatic carbocycles. The lowest BCUT2D eigenvalue weighted by molar-refractivity contribution is -0.119. The summed E-state index contributed by atoms with van der Waals surface area (Å²) in [5.41, 5.74) is 0. The number of carbonyl (C=O) groups is 1. The summed E-state index contributed by atoms with van der Waals surface area (Å²) in [7, 11) is 0. The molecule has 0 atom stereocenters. The molecule has 3 nitrogen and oxygen atoms in total. The highest BCUT2D eigenvalue weighted by Crippen LogP contribution is 1.74. The Morgan fingerprint density at radius 1 is 1.67 bits per heavy atom. The lowest BCUT2D eigenvalue weighted by atomic mass is 10.4. The minimum atomic E-state index is -0.244. The zero-order chi connectivity index (χ0) is 7.11. The van der Waals surface area contributed by atoms with E-state index in [-0.39, 0.29) is 12.3 Å². The first kappa shape index (κ1) is 8.14. The zero-order valence-corrected chi connectivity index (χ0v) is 5.44. The summed E-state index contributed by atoms with van der Waals surface area (Å²) in [5.74, 6) is -0.244. The van der Waals surface area contributed by atoms with Gasteiger partial charge in [0.1, 0.15) is 0 Å². The Kier molecular flexibility index (Phi) is 4.78. The van der Waals surface area contributed by atoms with Crippen molar-refractivity contribution in [3.63, 3.8) is 0 Å². The first-order chi connectivity index (χ1) is 4.31. The van der Waals surface area contributed by atoms with Crippen LogP contribution in [0.15, 0.2) is 0 Å². The normalized spacial score (nSPS) is 8.56. The first-order valence-electron chi connectivity index (χ1n) is 2.93. The third-order valence-corrected chi connectivity index (χ3v) is 0.805. The van der Waals surface area contributed by atoms with Crippen LogP contribution < -0.4 is 5.32 Å². The van der Waals surface area contributed by atoms with Crippen molar-refractivity contribution < 1.29 is 9.59 Å². The Morgan fingerprint density at radius 2 is 2.33 bits per heavy atom. The van der Waals surface area contributed by atoms with E-state index in [1.807, 2.05) is 6.92 Å². The van der Waals surface area contributed by atoms with E-state index in [4.69, 9.17) is 0 Å². The molecule has 0 aromatic rings. The van der Waals surface area contributed by atoms with Crippen molar-refractivity contribution in [2.45, 2.75) is 19.8 Å². The number of hydrogen-bond acceptors (Lipinski definition) is 2. The van der Waals surface area contributed by atoms with Crippen LogP contribution in [0.5, 0.6) is 0 Å². The monoisotopic (exact) mass is 128 g/mol. The standard InChI is InChI=1S/C6H10NO2/c1-2-4-7-6(9)3-5-8/h2-4H2,1H3,(H,7,9). The highest BCUT2D eigenvalue weighted by atomic mass is 16.2. The molecule has 0 rings (SSSR count). The third-order valence-electron chi connectivity index (χ3n) is 0.805. The van der Waals surface area contributed by atoms with Gasteiger partial charge in [-0.15, -0.1) is 0 Å². The maximum Gasteiger partial charge on any atom is 0.227 e. The molecule has 0 aliphatic rings. The van der Waals surface area contributed by atoms with Gasteiger partial charge >= 0.3 is 0 Å². The van der Waals surface area contributed by atoms with Gasteiger partial charge in [-0.25, -0.2) is 0 Å². The van der Waals surface area contributed by atoms with Gasteiger partial charge in [-0.1, -0.05) is 6.92 Å². The van der Waals surface area contributed by atoms with E-state index < -0.39 is 0 Å². The van der Waals surface area contributed by atoms with Gasteiger partial charge < -0.3 is 5.32 Å². The van der Waals surface area contributed by atoms with Crippen molar-refractivity contribution in [1.82, 2.24) is 5.32 Å². The van der Waals surface area contributed by atoms with Crippen LogP contribution in [0.2, 0.25) is 0 Å². The van der Waals surface area contributed by atoms with Crippen LogP contribution in [0.25, 0.3) is 0 Å². The van der Waals surface area contributed by atoms with Gasteiger partial charge in [-0.2, -0.15) is 0 Å². The van der Waals surface area contributed by atoms with Crippen molar-refractivity contribution in [2.75, 3.05) is 6.54 Å². The Labute approximate surface area is 54.4 Å². The van der Waals surface area contributed by atoms with E-state index in [1.165, 1.54) is 6.29 Å². The fourth-order valence-corrected chi connectivity index (χ4v) is 0.392. The molecule has 0 saturated carbocycles. The van der Waals surface area contributed by atoms with Gasteiger partial charge in [0.05, 0.1) is 6.42 Å². The molecule has 1 radical (unpaired) electrons. The summed E-state index contributed by atoms with van der Waals surface area (Å²) in [4.78, 5) is 20.0. The van der Waals surface area contributed by atoms with E-state index in [9.17, 15) is 9.59 Å². The third kappa shape index (κ3) is 5.00. The Morgan fingerprint density at radius 3 is 2.78 bits per heavy atom. The van der Waals surface area contributed by atoms with Crippen LogP contribution in [0, 0.1) is 0 Å². The summed E-state index contributed by atoms with van der Waals surface area (Å²) < 4.78 is 0.